The predicted octanol–water partition coefficient (Wildman–Crippen LogP) is -2.38. The van der Waals surface area contributed by atoms with Crippen LogP contribution in [-0.4, -0.2) is 110 Å². The van der Waals surface area contributed by atoms with E-state index in [-0.39, 0.29) is 30.5 Å². The highest BCUT2D eigenvalue weighted by Crippen LogP contribution is 2.29. The average Bonchev–Trinajstić information content (AvgIpc) is 3.75. The molecule has 1 fully saturated rings. The number of aliphatic hydroxyl groups excluding tert-OH is 1. The van der Waals surface area contributed by atoms with Gasteiger partial charge in [-0.1, -0.05) is 22.6 Å². The molecule has 1 amide bonds. The molecule has 45 heavy (non-hydrogen) atoms. The van der Waals surface area contributed by atoms with E-state index in [1.54, 1.807) is 41.4 Å². The Labute approximate surface area is 264 Å². The molecule has 1 aliphatic heterocycles. The van der Waals surface area contributed by atoms with Crippen LogP contribution in [0.25, 0.3) is 22.5 Å². The number of hydrogen-bond donors (Lipinski definition) is 3. The van der Waals surface area contributed by atoms with Crippen LogP contribution in [0.4, 0.5) is 0 Å². The fourth-order valence-electron chi connectivity index (χ4n) is 4.90. The molecule has 2 aromatic heterocycles. The Hall–Kier alpha value is -4.86. The Balaban J connectivity index is 0.00000461. The molecule has 2 aromatic carbocycles. The monoisotopic (exact) mass is 639 g/mol. The zero-order valence-corrected chi connectivity index (χ0v) is 25.3. The van der Waals surface area contributed by atoms with Crippen LogP contribution < -0.4 is 17.7 Å². The minimum absolute atomic E-state index is 0. The number of carbonyl (C=O) groups excluding carboxylic acids is 3. The first-order chi connectivity index (χ1) is 21.3. The molecule has 2 unspecified atom stereocenters. The predicted molar refractivity (Wildman–Crippen MR) is 154 cm³/mol. The molecule has 4 aromatic rings. The van der Waals surface area contributed by atoms with Crippen molar-refractivity contribution < 1.29 is 46.5 Å². The Kier molecular flexibility index (Phi) is 10.8. The maximum atomic E-state index is 13.6. The second kappa shape index (κ2) is 14.7. The second-order valence-corrected chi connectivity index (χ2v) is 10.1. The van der Waals surface area contributed by atoms with Gasteiger partial charge in [0.25, 0.3) is 5.91 Å². The number of amides is 1. The van der Waals surface area contributed by atoms with Crippen molar-refractivity contribution in [1.29, 1.82) is 0 Å². The Morgan fingerprint density at radius 1 is 0.867 bits per heavy atom. The highest BCUT2D eigenvalue weighted by molar-refractivity contribution is 5.97. The van der Waals surface area contributed by atoms with E-state index >= 15 is 0 Å². The fraction of sp³-hybridized carbons (Fsp3) is 0.345. The molecule has 3 heterocycles. The lowest BCUT2D eigenvalue weighted by Gasteiger charge is -2.27. The van der Waals surface area contributed by atoms with Crippen LogP contribution in [0, 0.1) is 0 Å². The number of benzene rings is 2. The number of methoxy groups -OCH3 is 2. The highest BCUT2D eigenvalue weighted by atomic mass is 35.5. The third-order valence-corrected chi connectivity index (χ3v) is 7.32. The first-order valence-electron chi connectivity index (χ1n) is 13.8. The van der Waals surface area contributed by atoms with Gasteiger partial charge in [0.1, 0.15) is 17.1 Å². The number of nitrogens with one attached hydrogen (secondary N) is 1. The number of aromatic nitrogens is 6. The lowest BCUT2D eigenvalue weighted by atomic mass is 10.0. The van der Waals surface area contributed by atoms with E-state index in [1.165, 1.54) is 41.9 Å². The number of piperazine rings is 1. The maximum Gasteiger partial charge on any atom is 0.333 e. The molecular formula is C29H32ClN8O7-. The molecule has 2 atom stereocenters. The largest absolute Gasteiger partial charge is 1.00 e. The summed E-state index contributed by atoms with van der Waals surface area (Å²) in [7, 11) is 2.50. The van der Waals surface area contributed by atoms with Gasteiger partial charge in [0.2, 0.25) is 0 Å². The number of rotatable bonds is 10. The number of carbonyl (C=O) groups is 3. The summed E-state index contributed by atoms with van der Waals surface area (Å²) >= 11 is 0. The molecule has 5 rings (SSSR count). The Morgan fingerprint density at radius 2 is 1.40 bits per heavy atom. The minimum atomic E-state index is -1.09. The van der Waals surface area contributed by atoms with Crippen molar-refractivity contribution in [2.24, 2.45) is 0 Å². The number of phenolic OH excluding ortho intramolecular Hbond substituents is 1. The second-order valence-electron chi connectivity index (χ2n) is 10.1. The molecule has 1 aliphatic rings. The molecule has 0 aliphatic carbocycles. The normalized spacial score (nSPS) is 14.2. The summed E-state index contributed by atoms with van der Waals surface area (Å²) in [5, 5.41) is 39.3. The number of nitrogens with zero attached hydrogens (tertiary/aromatic N) is 7. The van der Waals surface area contributed by atoms with E-state index in [0.717, 1.165) is 5.56 Å². The third-order valence-electron chi connectivity index (χ3n) is 7.32. The zero-order valence-electron chi connectivity index (χ0n) is 24.5. The summed E-state index contributed by atoms with van der Waals surface area (Å²) in [6.07, 6.45) is 3.31. The standard InChI is InChI=1S/C29H32N8O7.ClH/c1-43-28(41)25(11-18-3-5-22(39)6-4-18)36-15-23(31-33-36)19-12-20(14-21(13-19)27(40)35-9-7-30-8-10-35)24-16-37(34-32-24)26(17-38)29(42)44-2;/h3-6,12-16,25-26,30,38-39H,7-11,17H2,1-2H3;1H/p-1. The third kappa shape index (κ3) is 7.45. The first-order valence-corrected chi connectivity index (χ1v) is 13.8. The number of hydrogen-bond acceptors (Lipinski definition) is 12. The van der Waals surface area contributed by atoms with Crippen molar-refractivity contribution in [2.75, 3.05) is 47.0 Å². The summed E-state index contributed by atoms with van der Waals surface area (Å²) in [5.74, 6) is -1.29. The van der Waals surface area contributed by atoms with Gasteiger partial charge in [0, 0.05) is 49.3 Å². The quantitative estimate of drug-likeness (QED) is 0.157. The fourth-order valence-corrected chi connectivity index (χ4v) is 4.90. The molecule has 0 spiro atoms. The maximum absolute atomic E-state index is 13.6. The van der Waals surface area contributed by atoms with Crippen LogP contribution in [0.5, 0.6) is 5.75 Å². The van der Waals surface area contributed by atoms with E-state index in [2.05, 4.69) is 25.9 Å². The van der Waals surface area contributed by atoms with Gasteiger partial charge in [-0.2, -0.15) is 0 Å². The van der Waals surface area contributed by atoms with Crippen molar-refractivity contribution in [1.82, 2.24) is 40.2 Å². The molecule has 1 saturated heterocycles. The van der Waals surface area contributed by atoms with E-state index in [0.29, 0.717) is 54.3 Å². The smallest absolute Gasteiger partial charge is 0.333 e. The number of esters is 2. The van der Waals surface area contributed by atoms with Gasteiger partial charge < -0.3 is 42.3 Å². The molecular weight excluding hydrogens is 608 g/mol. The lowest BCUT2D eigenvalue weighted by Crippen LogP contribution is -3.00. The SMILES string of the molecule is COC(=O)C(CO)n1cc(-c2cc(C(=O)N3CCNCC3)cc(-c3cn(C(Cc4ccc(O)cc4)C(=O)OC)nn3)c2)nn1.[Cl-]. The van der Waals surface area contributed by atoms with Gasteiger partial charge in [-0.15, -0.1) is 10.2 Å². The summed E-state index contributed by atoms with van der Waals surface area (Å²) in [6.45, 7) is 1.89. The summed E-state index contributed by atoms with van der Waals surface area (Å²) in [6, 6.07) is 9.67. The Bertz CT molecular complexity index is 1640. The van der Waals surface area contributed by atoms with Crippen molar-refractivity contribution in [3.05, 3.63) is 66.0 Å². The number of aromatic hydroxyl groups is 1. The van der Waals surface area contributed by atoms with Gasteiger partial charge in [-0.05, 0) is 35.9 Å². The Morgan fingerprint density at radius 3 is 1.93 bits per heavy atom. The van der Waals surface area contributed by atoms with Crippen molar-refractivity contribution in [3.63, 3.8) is 0 Å². The van der Waals surface area contributed by atoms with Crippen molar-refractivity contribution >= 4 is 17.8 Å². The van der Waals surface area contributed by atoms with Gasteiger partial charge in [0.05, 0.1) is 33.2 Å². The van der Waals surface area contributed by atoms with Crippen molar-refractivity contribution in [2.45, 2.75) is 18.5 Å². The number of halogens is 1. The topological polar surface area (TPSA) is 187 Å². The van der Waals surface area contributed by atoms with E-state index in [1.807, 2.05) is 0 Å². The van der Waals surface area contributed by atoms with E-state index < -0.39 is 30.6 Å². The lowest BCUT2D eigenvalue weighted by molar-refractivity contribution is -0.146. The minimum Gasteiger partial charge on any atom is -1.00 e. The van der Waals surface area contributed by atoms with Crippen molar-refractivity contribution in [3.8, 4) is 28.3 Å². The molecule has 0 bridgehead atoms. The van der Waals surface area contributed by atoms with Crippen LogP contribution in [0.1, 0.15) is 28.0 Å². The van der Waals surface area contributed by atoms with Gasteiger partial charge in [-0.3, -0.25) is 4.79 Å². The van der Waals surface area contributed by atoms with E-state index in [9.17, 15) is 24.6 Å². The molecule has 0 radical (unpaired) electrons. The highest BCUT2D eigenvalue weighted by Gasteiger charge is 2.26. The first kappa shape index (κ1) is 33.0. The van der Waals surface area contributed by atoms with Crippen LogP contribution in [0.2, 0.25) is 0 Å². The number of phenols is 1. The molecule has 15 nitrogen and oxygen atoms in total. The van der Waals surface area contributed by atoms with Gasteiger partial charge in [-0.25, -0.2) is 19.0 Å². The van der Waals surface area contributed by atoms with Crippen LogP contribution >= 0.6 is 0 Å². The van der Waals surface area contributed by atoms with Crippen LogP contribution in [-0.2, 0) is 25.5 Å². The molecule has 238 valence electrons. The van der Waals surface area contributed by atoms with Gasteiger partial charge >= 0.3 is 11.9 Å². The summed E-state index contributed by atoms with van der Waals surface area (Å²) in [4.78, 5) is 40.2. The summed E-state index contributed by atoms with van der Waals surface area (Å²) in [5.41, 5.74) is 2.92. The van der Waals surface area contributed by atoms with E-state index in [4.69, 9.17) is 9.47 Å². The average molecular weight is 640 g/mol. The van der Waals surface area contributed by atoms with Crippen LogP contribution in [0.15, 0.2) is 54.9 Å². The summed E-state index contributed by atoms with van der Waals surface area (Å²) < 4.78 is 12.4. The zero-order chi connectivity index (χ0) is 31.2. The van der Waals surface area contributed by atoms with Crippen LogP contribution in [0.3, 0.4) is 0 Å². The molecule has 0 saturated carbocycles. The number of ether oxygens (including phenoxy) is 2. The number of aliphatic hydroxyl groups is 1. The molecule has 3 N–H and O–H groups in total. The van der Waals surface area contributed by atoms with Gasteiger partial charge in [0.15, 0.2) is 12.1 Å². The molecule has 16 heteroatoms.